The summed E-state index contributed by atoms with van der Waals surface area (Å²) in [4.78, 5) is 15.7. The van der Waals surface area contributed by atoms with Crippen LogP contribution in [0.1, 0.15) is 6.92 Å². The highest BCUT2D eigenvalue weighted by Crippen LogP contribution is 2.26. The topological polar surface area (TPSA) is 44.1 Å². The van der Waals surface area contributed by atoms with E-state index in [4.69, 9.17) is 16.3 Å². The normalized spacial score (nSPS) is 12.2. The van der Waals surface area contributed by atoms with Gasteiger partial charge in [-0.3, -0.25) is 9.36 Å². The molecule has 19 heavy (non-hydrogen) atoms. The quantitative estimate of drug-likeness (QED) is 0.642. The highest BCUT2D eigenvalue weighted by Gasteiger charge is 2.18. The second-order valence-corrected chi connectivity index (χ2v) is 5.59. The maximum atomic E-state index is 11.4. The van der Waals surface area contributed by atoms with Crippen LogP contribution < -0.4 is 0 Å². The summed E-state index contributed by atoms with van der Waals surface area (Å²) in [6.45, 7) is 1.79. The van der Waals surface area contributed by atoms with Crippen molar-refractivity contribution in [2.45, 2.75) is 17.3 Å². The highest BCUT2D eigenvalue weighted by atomic mass is 35.5. The minimum Gasteiger partial charge on any atom is -0.468 e. The first-order chi connectivity index (χ1) is 9.11. The molecule has 0 spiro atoms. The summed E-state index contributed by atoms with van der Waals surface area (Å²) in [5, 5.41) is 1.06. The molecule has 2 rings (SSSR count). The molecule has 1 aromatic carbocycles. The van der Waals surface area contributed by atoms with Crippen LogP contribution in [0.15, 0.2) is 41.8 Å². The van der Waals surface area contributed by atoms with E-state index in [1.807, 2.05) is 35.0 Å². The first kappa shape index (κ1) is 14.0. The van der Waals surface area contributed by atoms with Gasteiger partial charge in [-0.2, -0.15) is 0 Å². The number of imidazole rings is 1. The zero-order chi connectivity index (χ0) is 13.8. The van der Waals surface area contributed by atoms with Crippen LogP contribution in [0.5, 0.6) is 0 Å². The van der Waals surface area contributed by atoms with E-state index in [2.05, 4.69) is 4.98 Å². The Morgan fingerprint density at radius 2 is 2.32 bits per heavy atom. The summed E-state index contributed by atoms with van der Waals surface area (Å²) in [5.74, 6) is -0.273. The Labute approximate surface area is 120 Å². The number of carbonyl (C=O) groups is 1. The van der Waals surface area contributed by atoms with Crippen LogP contribution in [-0.2, 0) is 9.53 Å². The first-order valence-electron chi connectivity index (χ1n) is 5.65. The Bertz CT molecular complexity index is 586. The number of rotatable bonds is 4. The molecular weight excluding hydrogens is 284 g/mol. The zero-order valence-electron chi connectivity index (χ0n) is 10.5. The number of methoxy groups -OCH3 is 1. The van der Waals surface area contributed by atoms with E-state index in [1.54, 1.807) is 13.1 Å². The van der Waals surface area contributed by atoms with E-state index in [9.17, 15) is 4.79 Å². The molecule has 1 unspecified atom stereocenters. The number of hydrogen-bond donors (Lipinski definition) is 0. The Morgan fingerprint density at radius 3 is 3.00 bits per heavy atom. The summed E-state index contributed by atoms with van der Waals surface area (Å²) in [6, 6.07) is 7.46. The molecule has 1 aromatic heterocycles. The molecule has 0 aliphatic carbocycles. The van der Waals surface area contributed by atoms with Crippen molar-refractivity contribution in [2.75, 3.05) is 7.11 Å². The Morgan fingerprint density at radius 1 is 1.53 bits per heavy atom. The fourth-order valence-electron chi connectivity index (χ4n) is 1.57. The van der Waals surface area contributed by atoms with E-state index in [0.29, 0.717) is 5.02 Å². The SMILES string of the molecule is COC(=O)C(C)Sc1nccn1-c1cccc(Cl)c1. The fraction of sp³-hybridized carbons (Fsp3) is 0.231. The van der Waals surface area contributed by atoms with Gasteiger partial charge in [-0.15, -0.1) is 0 Å². The number of carbonyl (C=O) groups excluding carboxylic acids is 1. The molecule has 0 bridgehead atoms. The molecule has 0 N–H and O–H groups in total. The van der Waals surface area contributed by atoms with Crippen LogP contribution >= 0.6 is 23.4 Å². The lowest BCUT2D eigenvalue weighted by Gasteiger charge is -2.11. The van der Waals surface area contributed by atoms with Gasteiger partial charge in [0.1, 0.15) is 5.25 Å². The van der Waals surface area contributed by atoms with Crippen molar-refractivity contribution in [1.82, 2.24) is 9.55 Å². The summed E-state index contributed by atoms with van der Waals surface area (Å²) in [5.41, 5.74) is 0.907. The maximum absolute atomic E-state index is 11.4. The second kappa shape index (κ2) is 6.12. The van der Waals surface area contributed by atoms with Crippen molar-refractivity contribution < 1.29 is 9.53 Å². The van der Waals surface area contributed by atoms with Gasteiger partial charge in [-0.25, -0.2) is 4.98 Å². The van der Waals surface area contributed by atoms with E-state index < -0.39 is 0 Å². The van der Waals surface area contributed by atoms with Gasteiger partial charge < -0.3 is 4.74 Å². The zero-order valence-corrected chi connectivity index (χ0v) is 12.1. The number of benzene rings is 1. The molecule has 100 valence electrons. The molecule has 0 saturated heterocycles. The van der Waals surface area contributed by atoms with E-state index >= 15 is 0 Å². The van der Waals surface area contributed by atoms with Crippen molar-refractivity contribution in [2.24, 2.45) is 0 Å². The van der Waals surface area contributed by atoms with Crippen molar-refractivity contribution >= 4 is 29.3 Å². The number of esters is 1. The largest absolute Gasteiger partial charge is 0.468 e. The summed E-state index contributed by atoms with van der Waals surface area (Å²) in [6.07, 6.45) is 3.52. The monoisotopic (exact) mass is 296 g/mol. The third-order valence-electron chi connectivity index (χ3n) is 2.51. The summed E-state index contributed by atoms with van der Waals surface area (Å²) >= 11 is 7.32. The second-order valence-electron chi connectivity index (χ2n) is 3.84. The number of nitrogens with zero attached hydrogens (tertiary/aromatic N) is 2. The molecule has 0 fully saturated rings. The maximum Gasteiger partial charge on any atom is 0.318 e. The van der Waals surface area contributed by atoms with Gasteiger partial charge in [0.05, 0.1) is 7.11 Å². The van der Waals surface area contributed by atoms with Gasteiger partial charge in [0, 0.05) is 23.1 Å². The van der Waals surface area contributed by atoms with Crippen molar-refractivity contribution in [3.8, 4) is 5.69 Å². The van der Waals surface area contributed by atoms with E-state index in [1.165, 1.54) is 18.9 Å². The summed E-state index contributed by atoms with van der Waals surface area (Å²) < 4.78 is 6.59. The van der Waals surface area contributed by atoms with Gasteiger partial charge in [-0.1, -0.05) is 29.4 Å². The van der Waals surface area contributed by atoms with Crippen molar-refractivity contribution in [1.29, 1.82) is 0 Å². The molecule has 1 heterocycles. The molecular formula is C13H13ClN2O2S. The van der Waals surface area contributed by atoms with Crippen molar-refractivity contribution in [3.05, 3.63) is 41.7 Å². The Hall–Kier alpha value is -1.46. The lowest BCUT2D eigenvalue weighted by Crippen LogP contribution is -2.15. The van der Waals surface area contributed by atoms with Gasteiger partial charge in [0.15, 0.2) is 5.16 Å². The van der Waals surface area contributed by atoms with E-state index in [-0.39, 0.29) is 11.2 Å². The third-order valence-corrected chi connectivity index (χ3v) is 3.80. The molecule has 6 heteroatoms. The smallest absolute Gasteiger partial charge is 0.318 e. The standard InChI is InChI=1S/C13H13ClN2O2S/c1-9(12(17)18-2)19-13-15-6-7-16(13)11-5-3-4-10(14)8-11/h3-9H,1-2H3. The van der Waals surface area contributed by atoms with Crippen LogP contribution in [0.2, 0.25) is 5.02 Å². The lowest BCUT2D eigenvalue weighted by atomic mass is 10.3. The molecule has 0 amide bonds. The fourth-order valence-corrected chi connectivity index (χ4v) is 2.67. The minimum atomic E-state index is -0.315. The number of hydrogen-bond acceptors (Lipinski definition) is 4. The number of thioether (sulfide) groups is 1. The highest BCUT2D eigenvalue weighted by molar-refractivity contribution is 8.00. The van der Waals surface area contributed by atoms with Gasteiger partial charge >= 0.3 is 5.97 Å². The van der Waals surface area contributed by atoms with Gasteiger partial charge in [-0.05, 0) is 25.1 Å². The van der Waals surface area contributed by atoms with Crippen LogP contribution in [0.4, 0.5) is 0 Å². The molecule has 1 atom stereocenters. The summed E-state index contributed by atoms with van der Waals surface area (Å²) in [7, 11) is 1.38. The molecule has 4 nitrogen and oxygen atoms in total. The molecule has 0 radical (unpaired) electrons. The number of aromatic nitrogens is 2. The average molecular weight is 297 g/mol. The molecule has 2 aromatic rings. The number of ether oxygens (including phenoxy) is 1. The predicted molar refractivity (Wildman–Crippen MR) is 75.9 cm³/mol. The molecule has 0 aliphatic heterocycles. The predicted octanol–water partition coefficient (Wildman–Crippen LogP) is 3.18. The molecule has 0 saturated carbocycles. The van der Waals surface area contributed by atoms with Gasteiger partial charge in [0.25, 0.3) is 0 Å². The lowest BCUT2D eigenvalue weighted by molar-refractivity contribution is -0.139. The molecule has 0 aliphatic rings. The Kier molecular flexibility index (Phi) is 4.50. The third kappa shape index (κ3) is 3.30. The average Bonchev–Trinajstić information content (AvgIpc) is 2.85. The first-order valence-corrected chi connectivity index (χ1v) is 6.91. The van der Waals surface area contributed by atoms with Gasteiger partial charge in [0.2, 0.25) is 0 Å². The van der Waals surface area contributed by atoms with Crippen molar-refractivity contribution in [3.63, 3.8) is 0 Å². The van der Waals surface area contributed by atoms with E-state index in [0.717, 1.165) is 10.8 Å². The number of halogens is 1. The minimum absolute atomic E-state index is 0.273. The Balaban J connectivity index is 2.25. The van der Waals surface area contributed by atoms with Crippen LogP contribution in [0, 0.1) is 0 Å². The van der Waals surface area contributed by atoms with Crippen LogP contribution in [0.25, 0.3) is 5.69 Å². The van der Waals surface area contributed by atoms with Crippen LogP contribution in [-0.4, -0.2) is 27.9 Å². The van der Waals surface area contributed by atoms with Crippen LogP contribution in [0.3, 0.4) is 0 Å².